The predicted octanol–water partition coefficient (Wildman–Crippen LogP) is 3.14. The molecule has 2 heterocycles. The number of benzene rings is 1. The van der Waals surface area contributed by atoms with Gasteiger partial charge in [-0.1, -0.05) is 12.1 Å². The van der Waals surface area contributed by atoms with Crippen LogP contribution in [0.3, 0.4) is 0 Å². The zero-order chi connectivity index (χ0) is 17.6. The van der Waals surface area contributed by atoms with E-state index < -0.39 is 0 Å². The van der Waals surface area contributed by atoms with Crippen LogP contribution in [0.5, 0.6) is 0 Å². The Hall–Kier alpha value is -2.50. The number of amides is 1. The zero-order valence-corrected chi connectivity index (χ0v) is 14.4. The molecule has 3 rings (SSSR count). The first kappa shape index (κ1) is 17.3. The minimum Gasteiger partial charge on any atom is -0.357 e. The number of anilines is 1. The number of aromatic nitrogens is 2. The van der Waals surface area contributed by atoms with E-state index in [1.807, 2.05) is 17.0 Å². The second-order valence-corrected chi connectivity index (χ2v) is 6.47. The maximum absolute atomic E-state index is 13.0. The molecule has 0 aliphatic carbocycles. The summed E-state index contributed by atoms with van der Waals surface area (Å²) in [5, 5.41) is 2.84. The molecular weight excluding hydrogens is 319 g/mol. The number of nitrogens with zero attached hydrogens (tertiary/aromatic N) is 3. The van der Waals surface area contributed by atoms with Crippen LogP contribution >= 0.6 is 0 Å². The maximum atomic E-state index is 13.0. The fourth-order valence-electron chi connectivity index (χ4n) is 3.26. The number of carbonyl (C=O) groups is 1. The van der Waals surface area contributed by atoms with Gasteiger partial charge < -0.3 is 10.2 Å². The molecule has 2 aromatic rings. The molecule has 5 nitrogen and oxygen atoms in total. The van der Waals surface area contributed by atoms with Gasteiger partial charge in [-0.05, 0) is 49.3 Å². The Morgan fingerprint density at radius 2 is 2.00 bits per heavy atom. The number of carbonyl (C=O) groups excluding carboxylic acids is 1. The average molecular weight is 342 g/mol. The number of hydrogen-bond acceptors (Lipinski definition) is 4. The van der Waals surface area contributed by atoms with E-state index in [1.54, 1.807) is 19.4 Å². The van der Waals surface area contributed by atoms with Crippen LogP contribution in [-0.2, 0) is 6.42 Å². The second kappa shape index (κ2) is 8.05. The molecule has 1 aromatic carbocycles. The van der Waals surface area contributed by atoms with E-state index in [1.165, 1.54) is 12.1 Å². The summed E-state index contributed by atoms with van der Waals surface area (Å²) in [6, 6.07) is 6.67. The fourth-order valence-corrected chi connectivity index (χ4v) is 3.26. The van der Waals surface area contributed by atoms with Crippen LogP contribution in [0.2, 0.25) is 0 Å². The van der Waals surface area contributed by atoms with Gasteiger partial charge in [0.25, 0.3) is 5.91 Å². The quantitative estimate of drug-likeness (QED) is 0.907. The van der Waals surface area contributed by atoms with Crippen molar-refractivity contribution >= 4 is 11.9 Å². The summed E-state index contributed by atoms with van der Waals surface area (Å²) in [5.41, 5.74) is 1.67. The Morgan fingerprint density at radius 3 is 2.68 bits per heavy atom. The van der Waals surface area contributed by atoms with E-state index in [4.69, 9.17) is 0 Å². The van der Waals surface area contributed by atoms with Gasteiger partial charge in [-0.15, -0.1) is 0 Å². The summed E-state index contributed by atoms with van der Waals surface area (Å²) in [5.74, 6) is 0.770. The van der Waals surface area contributed by atoms with Crippen molar-refractivity contribution < 1.29 is 9.18 Å². The van der Waals surface area contributed by atoms with Crippen molar-refractivity contribution in [1.29, 1.82) is 0 Å². The van der Waals surface area contributed by atoms with Crippen LogP contribution in [0.4, 0.5) is 10.3 Å². The van der Waals surface area contributed by atoms with Gasteiger partial charge in [0.1, 0.15) is 5.82 Å². The molecule has 1 aliphatic heterocycles. The predicted molar refractivity (Wildman–Crippen MR) is 94.9 cm³/mol. The summed E-state index contributed by atoms with van der Waals surface area (Å²) in [6.07, 6.45) is 7.19. The van der Waals surface area contributed by atoms with E-state index in [-0.39, 0.29) is 11.7 Å². The molecule has 1 fully saturated rings. The van der Waals surface area contributed by atoms with Crippen molar-refractivity contribution in [3.63, 3.8) is 0 Å². The Morgan fingerprint density at radius 1 is 1.28 bits per heavy atom. The van der Waals surface area contributed by atoms with Crippen LogP contribution in [0.1, 0.15) is 35.2 Å². The van der Waals surface area contributed by atoms with Crippen molar-refractivity contribution in [2.24, 2.45) is 5.92 Å². The Balaban J connectivity index is 1.56. The summed E-state index contributed by atoms with van der Waals surface area (Å²) < 4.78 is 13.0. The minimum absolute atomic E-state index is 0.00543. The van der Waals surface area contributed by atoms with Gasteiger partial charge in [0.05, 0.1) is 5.56 Å². The number of halogens is 1. The summed E-state index contributed by atoms with van der Waals surface area (Å²) >= 11 is 0. The standard InChI is InChI=1S/C19H23FN4O/c1-21-19-22-11-16(12-23-19)18(25)24-10-2-3-15(13-24)5-4-14-6-8-17(20)9-7-14/h6-9,11-12,15H,2-5,10,13H2,1H3,(H,21,22,23)/t15-/m1/s1. The molecule has 25 heavy (non-hydrogen) atoms. The van der Waals surface area contributed by atoms with Gasteiger partial charge >= 0.3 is 0 Å². The molecule has 1 aromatic heterocycles. The molecule has 6 heteroatoms. The van der Waals surface area contributed by atoms with Crippen molar-refractivity contribution in [2.45, 2.75) is 25.7 Å². The van der Waals surface area contributed by atoms with Gasteiger partial charge in [-0.3, -0.25) is 4.79 Å². The molecule has 1 amide bonds. The van der Waals surface area contributed by atoms with Gasteiger partial charge in [-0.25, -0.2) is 14.4 Å². The van der Waals surface area contributed by atoms with E-state index in [0.717, 1.165) is 44.3 Å². The van der Waals surface area contributed by atoms with E-state index >= 15 is 0 Å². The number of hydrogen-bond donors (Lipinski definition) is 1. The topological polar surface area (TPSA) is 58.1 Å². The Bertz CT molecular complexity index is 702. The number of nitrogens with one attached hydrogen (secondary N) is 1. The molecule has 0 unspecified atom stereocenters. The van der Waals surface area contributed by atoms with Crippen LogP contribution in [0, 0.1) is 11.7 Å². The number of aryl methyl sites for hydroxylation is 1. The van der Waals surface area contributed by atoms with Crippen molar-refractivity contribution in [2.75, 3.05) is 25.5 Å². The third-order valence-corrected chi connectivity index (χ3v) is 4.68. The first-order valence-corrected chi connectivity index (χ1v) is 8.69. The van der Waals surface area contributed by atoms with E-state index in [9.17, 15) is 9.18 Å². The lowest BCUT2D eigenvalue weighted by Gasteiger charge is -2.32. The summed E-state index contributed by atoms with van der Waals surface area (Å²) in [7, 11) is 1.74. The van der Waals surface area contributed by atoms with Crippen LogP contribution in [0.25, 0.3) is 0 Å². The van der Waals surface area contributed by atoms with Gasteiger partial charge in [0.2, 0.25) is 5.95 Å². The highest BCUT2D eigenvalue weighted by Crippen LogP contribution is 2.23. The monoisotopic (exact) mass is 342 g/mol. The van der Waals surface area contributed by atoms with Crippen molar-refractivity contribution in [3.8, 4) is 0 Å². The first-order valence-electron chi connectivity index (χ1n) is 8.69. The molecule has 1 aliphatic rings. The molecule has 1 atom stereocenters. The van der Waals surface area contributed by atoms with Crippen LogP contribution in [-0.4, -0.2) is 40.9 Å². The fraction of sp³-hybridized carbons (Fsp3) is 0.421. The second-order valence-electron chi connectivity index (χ2n) is 6.47. The Labute approximate surface area is 147 Å². The molecule has 0 radical (unpaired) electrons. The van der Waals surface area contributed by atoms with Crippen molar-refractivity contribution in [3.05, 3.63) is 53.6 Å². The Kier molecular flexibility index (Phi) is 5.58. The number of piperidine rings is 1. The highest BCUT2D eigenvalue weighted by atomic mass is 19.1. The third-order valence-electron chi connectivity index (χ3n) is 4.68. The SMILES string of the molecule is CNc1ncc(C(=O)N2CCC[C@H](CCc3ccc(F)cc3)C2)cn1. The highest BCUT2D eigenvalue weighted by molar-refractivity contribution is 5.93. The lowest BCUT2D eigenvalue weighted by Crippen LogP contribution is -2.40. The zero-order valence-electron chi connectivity index (χ0n) is 14.4. The van der Waals surface area contributed by atoms with Gasteiger partial charge in [-0.2, -0.15) is 0 Å². The minimum atomic E-state index is -0.204. The molecule has 1 N–H and O–H groups in total. The molecular formula is C19H23FN4O. The average Bonchev–Trinajstić information content (AvgIpc) is 2.67. The van der Waals surface area contributed by atoms with Gasteiger partial charge in [0.15, 0.2) is 0 Å². The van der Waals surface area contributed by atoms with Gasteiger partial charge in [0, 0.05) is 32.5 Å². The van der Waals surface area contributed by atoms with E-state index in [0.29, 0.717) is 17.4 Å². The van der Waals surface area contributed by atoms with E-state index in [2.05, 4.69) is 15.3 Å². The van der Waals surface area contributed by atoms with Crippen molar-refractivity contribution in [1.82, 2.24) is 14.9 Å². The largest absolute Gasteiger partial charge is 0.357 e. The number of rotatable bonds is 5. The summed E-state index contributed by atoms with van der Waals surface area (Å²) in [4.78, 5) is 22.8. The molecule has 1 saturated heterocycles. The number of likely N-dealkylation sites (tertiary alicyclic amines) is 1. The molecule has 0 saturated carbocycles. The lowest BCUT2D eigenvalue weighted by molar-refractivity contribution is 0.0667. The molecule has 0 bridgehead atoms. The first-order chi connectivity index (χ1) is 12.2. The summed E-state index contributed by atoms with van der Waals surface area (Å²) in [6.45, 7) is 1.54. The smallest absolute Gasteiger partial charge is 0.257 e. The van der Waals surface area contributed by atoms with Crippen LogP contribution in [0.15, 0.2) is 36.7 Å². The lowest BCUT2D eigenvalue weighted by atomic mass is 9.91. The van der Waals surface area contributed by atoms with Crippen LogP contribution < -0.4 is 5.32 Å². The normalized spacial score (nSPS) is 17.4. The maximum Gasteiger partial charge on any atom is 0.257 e. The third kappa shape index (κ3) is 4.53. The molecule has 132 valence electrons. The molecule has 0 spiro atoms. The highest BCUT2D eigenvalue weighted by Gasteiger charge is 2.24.